The molecule has 0 unspecified atom stereocenters. The van der Waals surface area contributed by atoms with Crippen LogP contribution in [0.3, 0.4) is 0 Å². The number of rotatable bonds is 7. The number of nitrogens with zero attached hydrogens (tertiary/aromatic N) is 1. The van der Waals surface area contributed by atoms with Crippen molar-refractivity contribution >= 4 is 40.7 Å². The summed E-state index contributed by atoms with van der Waals surface area (Å²) in [5.74, 6) is -0.219. The molecule has 2 N–H and O–H groups in total. The van der Waals surface area contributed by atoms with Crippen molar-refractivity contribution in [2.24, 2.45) is 5.92 Å². The van der Waals surface area contributed by atoms with Gasteiger partial charge in [-0.1, -0.05) is 41.9 Å². The van der Waals surface area contributed by atoms with Crippen LogP contribution >= 0.6 is 11.6 Å². The average molecular weight is 482 g/mol. The van der Waals surface area contributed by atoms with Crippen molar-refractivity contribution < 1.29 is 19.1 Å². The van der Waals surface area contributed by atoms with Crippen LogP contribution in [-0.4, -0.2) is 49.0 Å². The Morgan fingerprint density at radius 2 is 1.94 bits per heavy atom. The summed E-state index contributed by atoms with van der Waals surface area (Å²) < 4.78 is 5.37. The molecule has 178 valence electrons. The SMILES string of the molecule is Cc1ccc(NC(=O)NCCc2cccc(C3=CC(=O)N(CC4CCOCC4)C3=O)c2)cc1Cl. The largest absolute Gasteiger partial charge is 0.381 e. The number of ether oxygens (including phenoxy) is 1. The van der Waals surface area contributed by atoms with Crippen LogP contribution in [0.15, 0.2) is 48.5 Å². The van der Waals surface area contributed by atoms with Gasteiger partial charge in [0.1, 0.15) is 0 Å². The molecule has 0 saturated carbocycles. The van der Waals surface area contributed by atoms with E-state index in [1.807, 2.05) is 37.3 Å². The third-order valence-electron chi connectivity index (χ3n) is 6.16. The number of hydrogen-bond donors (Lipinski definition) is 2. The molecular formula is C26H28ClN3O4. The van der Waals surface area contributed by atoms with E-state index in [-0.39, 0.29) is 23.8 Å². The molecule has 2 aromatic rings. The molecule has 2 heterocycles. The van der Waals surface area contributed by atoms with Gasteiger partial charge in [0.2, 0.25) is 0 Å². The first kappa shape index (κ1) is 24.0. The van der Waals surface area contributed by atoms with Crippen LogP contribution in [-0.2, 0) is 20.7 Å². The second-order valence-electron chi connectivity index (χ2n) is 8.66. The van der Waals surface area contributed by atoms with Crippen molar-refractivity contribution in [3.05, 3.63) is 70.3 Å². The van der Waals surface area contributed by atoms with E-state index < -0.39 is 0 Å². The van der Waals surface area contributed by atoms with Crippen LogP contribution in [0.2, 0.25) is 5.02 Å². The van der Waals surface area contributed by atoms with Gasteiger partial charge in [0, 0.05) is 43.1 Å². The van der Waals surface area contributed by atoms with Gasteiger partial charge in [-0.25, -0.2) is 4.79 Å². The van der Waals surface area contributed by atoms with E-state index in [2.05, 4.69) is 10.6 Å². The van der Waals surface area contributed by atoms with Gasteiger partial charge in [0.25, 0.3) is 11.8 Å². The number of imide groups is 1. The molecule has 0 aliphatic carbocycles. The van der Waals surface area contributed by atoms with Gasteiger partial charge in [-0.05, 0) is 60.9 Å². The van der Waals surface area contributed by atoms with E-state index >= 15 is 0 Å². The van der Waals surface area contributed by atoms with E-state index in [0.717, 1.165) is 24.0 Å². The summed E-state index contributed by atoms with van der Waals surface area (Å²) in [6.45, 7) is 4.10. The number of aryl methyl sites for hydroxylation is 1. The summed E-state index contributed by atoms with van der Waals surface area (Å²) >= 11 is 6.10. The Kier molecular flexibility index (Phi) is 7.65. The highest BCUT2D eigenvalue weighted by Gasteiger charge is 2.33. The zero-order chi connectivity index (χ0) is 24.1. The minimum Gasteiger partial charge on any atom is -0.381 e. The molecule has 0 spiro atoms. The van der Waals surface area contributed by atoms with Gasteiger partial charge in [0.15, 0.2) is 0 Å². The van der Waals surface area contributed by atoms with Crippen LogP contribution in [0.25, 0.3) is 5.57 Å². The second-order valence-corrected chi connectivity index (χ2v) is 9.07. The number of carbonyl (C=O) groups excluding carboxylic acids is 3. The summed E-state index contributed by atoms with van der Waals surface area (Å²) in [4.78, 5) is 39.0. The van der Waals surface area contributed by atoms with Crippen LogP contribution in [0.4, 0.5) is 10.5 Å². The number of benzene rings is 2. The van der Waals surface area contributed by atoms with E-state index in [1.165, 1.54) is 11.0 Å². The maximum Gasteiger partial charge on any atom is 0.319 e. The minimum atomic E-state index is -0.320. The number of urea groups is 1. The zero-order valence-electron chi connectivity index (χ0n) is 19.1. The van der Waals surface area contributed by atoms with Crippen molar-refractivity contribution in [2.75, 3.05) is 31.6 Å². The van der Waals surface area contributed by atoms with Gasteiger partial charge < -0.3 is 15.4 Å². The smallest absolute Gasteiger partial charge is 0.319 e. The number of carbonyl (C=O) groups is 3. The second kappa shape index (κ2) is 10.8. The Morgan fingerprint density at radius 1 is 1.15 bits per heavy atom. The molecule has 0 atom stereocenters. The lowest BCUT2D eigenvalue weighted by Crippen LogP contribution is -2.37. The van der Waals surface area contributed by atoms with Gasteiger partial charge >= 0.3 is 6.03 Å². The molecule has 8 heteroatoms. The lowest BCUT2D eigenvalue weighted by Gasteiger charge is -2.26. The molecule has 1 saturated heterocycles. The maximum absolute atomic E-state index is 13.0. The van der Waals surface area contributed by atoms with Gasteiger partial charge in [-0.2, -0.15) is 0 Å². The van der Waals surface area contributed by atoms with E-state index in [1.54, 1.807) is 12.1 Å². The third-order valence-corrected chi connectivity index (χ3v) is 6.57. The molecule has 7 nitrogen and oxygen atoms in total. The Bertz CT molecular complexity index is 1120. The van der Waals surface area contributed by atoms with Gasteiger partial charge in [-0.15, -0.1) is 0 Å². The standard InChI is InChI=1S/C26H28ClN3O4/c1-17-5-6-21(14-23(17)27)29-26(33)28-10-7-18-3-2-4-20(13-18)22-15-24(31)30(25(22)32)16-19-8-11-34-12-9-19/h2-6,13-15,19H,7-12,16H2,1H3,(H2,28,29,33). The number of halogens is 1. The predicted molar refractivity (Wildman–Crippen MR) is 132 cm³/mol. The molecule has 2 aromatic carbocycles. The third kappa shape index (κ3) is 5.85. The van der Waals surface area contributed by atoms with Crippen molar-refractivity contribution in [1.82, 2.24) is 10.2 Å². The Morgan fingerprint density at radius 3 is 2.71 bits per heavy atom. The molecular weight excluding hydrogens is 454 g/mol. The lowest BCUT2D eigenvalue weighted by atomic mass is 9.99. The Hall–Kier alpha value is -3.16. The van der Waals surface area contributed by atoms with Crippen LogP contribution in [0, 0.1) is 12.8 Å². The van der Waals surface area contributed by atoms with Crippen molar-refractivity contribution in [3.8, 4) is 0 Å². The predicted octanol–water partition coefficient (Wildman–Crippen LogP) is 4.19. The van der Waals surface area contributed by atoms with Crippen molar-refractivity contribution in [3.63, 3.8) is 0 Å². The average Bonchev–Trinajstić information content (AvgIpc) is 3.11. The summed E-state index contributed by atoms with van der Waals surface area (Å²) in [6.07, 6.45) is 3.73. The van der Waals surface area contributed by atoms with E-state index in [9.17, 15) is 14.4 Å². The normalized spacial score (nSPS) is 16.5. The van der Waals surface area contributed by atoms with E-state index in [0.29, 0.717) is 54.6 Å². The molecule has 2 aliphatic heterocycles. The number of amides is 4. The fourth-order valence-electron chi connectivity index (χ4n) is 4.14. The van der Waals surface area contributed by atoms with Gasteiger partial charge in [0.05, 0.1) is 5.57 Å². The molecule has 0 aromatic heterocycles. The fourth-order valence-corrected chi connectivity index (χ4v) is 4.32. The first-order valence-electron chi connectivity index (χ1n) is 11.5. The molecule has 4 rings (SSSR count). The summed E-state index contributed by atoms with van der Waals surface area (Å²) in [6, 6.07) is 12.6. The molecule has 34 heavy (non-hydrogen) atoms. The Labute approximate surface area is 204 Å². The fraction of sp³-hybridized carbons (Fsp3) is 0.346. The quantitative estimate of drug-likeness (QED) is 0.580. The lowest BCUT2D eigenvalue weighted by molar-refractivity contribution is -0.137. The maximum atomic E-state index is 13.0. The van der Waals surface area contributed by atoms with Crippen LogP contribution in [0.5, 0.6) is 0 Å². The van der Waals surface area contributed by atoms with Crippen molar-refractivity contribution in [2.45, 2.75) is 26.2 Å². The monoisotopic (exact) mass is 481 g/mol. The minimum absolute atomic E-state index is 0.247. The molecule has 1 fully saturated rings. The van der Waals surface area contributed by atoms with Crippen molar-refractivity contribution in [1.29, 1.82) is 0 Å². The van der Waals surface area contributed by atoms with Crippen LogP contribution in [0.1, 0.15) is 29.5 Å². The molecule has 4 amide bonds. The molecule has 2 aliphatic rings. The topological polar surface area (TPSA) is 87.7 Å². The number of anilines is 1. The highest BCUT2D eigenvalue weighted by Crippen LogP contribution is 2.27. The van der Waals surface area contributed by atoms with E-state index in [4.69, 9.17) is 16.3 Å². The first-order chi connectivity index (χ1) is 16.4. The molecule has 0 bridgehead atoms. The summed E-state index contributed by atoms with van der Waals surface area (Å²) in [5, 5.41) is 6.18. The van der Waals surface area contributed by atoms with Gasteiger partial charge in [-0.3, -0.25) is 14.5 Å². The summed E-state index contributed by atoms with van der Waals surface area (Å²) in [5.41, 5.74) is 3.65. The summed E-state index contributed by atoms with van der Waals surface area (Å²) in [7, 11) is 0. The van der Waals surface area contributed by atoms with Crippen LogP contribution < -0.4 is 10.6 Å². The number of hydrogen-bond acceptors (Lipinski definition) is 4. The first-order valence-corrected chi connectivity index (χ1v) is 11.8. The molecule has 0 radical (unpaired) electrons. The highest BCUT2D eigenvalue weighted by molar-refractivity contribution is 6.33. The highest BCUT2D eigenvalue weighted by atomic mass is 35.5. The zero-order valence-corrected chi connectivity index (χ0v) is 19.9. The Balaban J connectivity index is 1.31. The number of nitrogens with one attached hydrogen (secondary N) is 2.